The smallest absolute Gasteiger partial charge is 0.305 e. The van der Waals surface area contributed by atoms with Crippen LogP contribution in [-0.4, -0.2) is 28.5 Å². The SMILES string of the molecule is Cc1sc(N(Cc2ccc(C(=O)NCCC(=O)O)cc2)c2ccccc2F)nc1-c1ccccc1. The van der Waals surface area contributed by atoms with E-state index in [0.717, 1.165) is 21.7 Å². The zero-order valence-corrected chi connectivity index (χ0v) is 19.9. The number of para-hydroxylation sites is 1. The zero-order valence-electron chi connectivity index (χ0n) is 19.1. The van der Waals surface area contributed by atoms with Crippen LogP contribution in [-0.2, 0) is 11.3 Å². The second-order valence-corrected chi connectivity index (χ2v) is 9.08. The molecule has 0 spiro atoms. The number of carboxylic acid groups (broad SMARTS) is 1. The molecule has 4 aromatic rings. The van der Waals surface area contributed by atoms with Crippen LogP contribution in [0.2, 0.25) is 0 Å². The fourth-order valence-electron chi connectivity index (χ4n) is 3.62. The standard InChI is InChI=1S/C27H24FN3O3S/c1-18-25(20-7-3-2-4-8-20)30-27(35-18)31(23-10-6-5-9-22(23)28)17-19-11-13-21(14-12-19)26(34)29-16-15-24(32)33/h2-14H,15-17H2,1H3,(H,29,34)(H,32,33). The molecule has 0 saturated carbocycles. The number of hydrogen-bond acceptors (Lipinski definition) is 5. The highest BCUT2D eigenvalue weighted by molar-refractivity contribution is 7.16. The molecule has 0 radical (unpaired) electrons. The van der Waals surface area contributed by atoms with Crippen LogP contribution in [0.1, 0.15) is 27.2 Å². The van der Waals surface area contributed by atoms with E-state index in [-0.39, 0.29) is 24.7 Å². The third-order valence-electron chi connectivity index (χ3n) is 5.39. The summed E-state index contributed by atoms with van der Waals surface area (Å²) in [6.07, 6.45) is -0.139. The average molecular weight is 490 g/mol. The van der Waals surface area contributed by atoms with Gasteiger partial charge in [-0.25, -0.2) is 9.37 Å². The van der Waals surface area contributed by atoms with Crippen molar-refractivity contribution in [3.8, 4) is 11.3 Å². The Morgan fingerprint density at radius 2 is 1.69 bits per heavy atom. The van der Waals surface area contributed by atoms with E-state index < -0.39 is 5.97 Å². The number of benzene rings is 3. The van der Waals surface area contributed by atoms with E-state index in [9.17, 15) is 14.0 Å². The molecule has 178 valence electrons. The first-order valence-corrected chi connectivity index (χ1v) is 11.9. The molecule has 3 aromatic carbocycles. The molecule has 0 atom stereocenters. The number of anilines is 2. The van der Waals surface area contributed by atoms with Crippen LogP contribution in [0.5, 0.6) is 0 Å². The summed E-state index contributed by atoms with van der Waals surface area (Å²) in [5.74, 6) is -1.66. The molecule has 8 heteroatoms. The van der Waals surface area contributed by atoms with Crippen molar-refractivity contribution in [1.29, 1.82) is 0 Å². The summed E-state index contributed by atoms with van der Waals surface area (Å²) >= 11 is 1.50. The number of carboxylic acids is 1. The lowest BCUT2D eigenvalue weighted by molar-refractivity contribution is -0.136. The molecule has 2 N–H and O–H groups in total. The summed E-state index contributed by atoms with van der Waals surface area (Å²) < 4.78 is 14.8. The fourth-order valence-corrected chi connectivity index (χ4v) is 4.56. The molecule has 0 fully saturated rings. The van der Waals surface area contributed by atoms with Gasteiger partial charge in [-0.05, 0) is 36.8 Å². The Morgan fingerprint density at radius 1 is 1.00 bits per heavy atom. The van der Waals surface area contributed by atoms with E-state index >= 15 is 0 Å². The molecule has 1 aromatic heterocycles. The van der Waals surface area contributed by atoms with Gasteiger partial charge in [0.25, 0.3) is 5.91 Å². The minimum absolute atomic E-state index is 0.0596. The van der Waals surface area contributed by atoms with Gasteiger partial charge in [-0.3, -0.25) is 9.59 Å². The molecule has 0 aliphatic rings. The van der Waals surface area contributed by atoms with Crippen LogP contribution in [0.15, 0.2) is 78.9 Å². The third kappa shape index (κ3) is 5.91. The number of nitrogens with one attached hydrogen (secondary N) is 1. The maximum atomic E-state index is 14.8. The summed E-state index contributed by atoms with van der Waals surface area (Å²) in [4.78, 5) is 30.6. The van der Waals surface area contributed by atoms with Crippen molar-refractivity contribution in [2.24, 2.45) is 0 Å². The Bertz CT molecular complexity index is 1320. The van der Waals surface area contributed by atoms with Crippen molar-refractivity contribution >= 4 is 34.0 Å². The van der Waals surface area contributed by atoms with E-state index in [0.29, 0.717) is 22.9 Å². The van der Waals surface area contributed by atoms with Crippen LogP contribution in [0.25, 0.3) is 11.3 Å². The predicted octanol–water partition coefficient (Wildman–Crippen LogP) is 5.80. The molecule has 0 aliphatic heterocycles. The van der Waals surface area contributed by atoms with Crippen molar-refractivity contribution in [3.05, 3.63) is 101 Å². The molecule has 1 amide bonds. The van der Waals surface area contributed by atoms with Crippen molar-refractivity contribution in [2.45, 2.75) is 19.9 Å². The maximum absolute atomic E-state index is 14.8. The number of thiazole rings is 1. The third-order valence-corrected chi connectivity index (χ3v) is 6.38. The molecule has 4 rings (SSSR count). The molecule has 1 heterocycles. The number of halogens is 1. The lowest BCUT2D eigenvalue weighted by Gasteiger charge is -2.23. The summed E-state index contributed by atoms with van der Waals surface area (Å²) in [5, 5.41) is 12.0. The number of carbonyl (C=O) groups is 2. The van der Waals surface area contributed by atoms with Crippen LogP contribution >= 0.6 is 11.3 Å². The molecule has 0 bridgehead atoms. The number of amides is 1. The molecular weight excluding hydrogens is 465 g/mol. The Hall–Kier alpha value is -4.04. The minimum atomic E-state index is -0.971. The van der Waals surface area contributed by atoms with E-state index in [2.05, 4.69) is 5.32 Å². The van der Waals surface area contributed by atoms with Crippen molar-refractivity contribution < 1.29 is 19.1 Å². The molecule has 0 aliphatic carbocycles. The van der Waals surface area contributed by atoms with E-state index in [1.165, 1.54) is 17.4 Å². The first kappa shape index (κ1) is 24.1. The van der Waals surface area contributed by atoms with Crippen LogP contribution in [0.3, 0.4) is 0 Å². The monoisotopic (exact) mass is 489 g/mol. The Labute approximate surface area is 206 Å². The van der Waals surface area contributed by atoms with Gasteiger partial charge in [0.1, 0.15) is 5.82 Å². The van der Waals surface area contributed by atoms with Crippen molar-refractivity contribution in [3.63, 3.8) is 0 Å². The van der Waals surface area contributed by atoms with E-state index in [4.69, 9.17) is 10.1 Å². The average Bonchev–Trinajstić information content (AvgIpc) is 3.25. The normalized spacial score (nSPS) is 10.7. The first-order valence-electron chi connectivity index (χ1n) is 11.1. The van der Waals surface area contributed by atoms with Crippen molar-refractivity contribution in [2.75, 3.05) is 11.4 Å². The van der Waals surface area contributed by atoms with Crippen LogP contribution in [0, 0.1) is 12.7 Å². The highest BCUT2D eigenvalue weighted by Gasteiger charge is 2.20. The summed E-state index contributed by atoms with van der Waals surface area (Å²) in [6, 6.07) is 23.4. The van der Waals surface area contributed by atoms with Crippen LogP contribution in [0.4, 0.5) is 15.2 Å². The molecule has 6 nitrogen and oxygen atoms in total. The van der Waals surface area contributed by atoms with Gasteiger partial charge in [0.2, 0.25) is 0 Å². The minimum Gasteiger partial charge on any atom is -0.481 e. The largest absolute Gasteiger partial charge is 0.481 e. The van der Waals surface area contributed by atoms with Gasteiger partial charge in [0.05, 0.1) is 24.3 Å². The second kappa shape index (κ2) is 10.9. The van der Waals surface area contributed by atoms with Gasteiger partial charge in [-0.1, -0.05) is 54.6 Å². The number of rotatable bonds is 9. The Kier molecular flexibility index (Phi) is 7.52. The van der Waals surface area contributed by atoms with Gasteiger partial charge >= 0.3 is 5.97 Å². The number of aryl methyl sites for hydroxylation is 1. The number of carbonyl (C=O) groups excluding carboxylic acids is 1. The highest BCUT2D eigenvalue weighted by Crippen LogP contribution is 2.37. The highest BCUT2D eigenvalue weighted by atomic mass is 32.1. The van der Waals surface area contributed by atoms with Crippen LogP contribution < -0.4 is 10.2 Å². The number of nitrogens with zero attached hydrogens (tertiary/aromatic N) is 2. The van der Waals surface area contributed by atoms with Gasteiger partial charge in [0.15, 0.2) is 5.13 Å². The number of hydrogen-bond donors (Lipinski definition) is 2. The van der Waals surface area contributed by atoms with Gasteiger partial charge in [0, 0.05) is 22.5 Å². The zero-order chi connectivity index (χ0) is 24.8. The lowest BCUT2D eigenvalue weighted by Crippen LogP contribution is -2.26. The van der Waals surface area contributed by atoms with Gasteiger partial charge in [-0.2, -0.15) is 0 Å². The van der Waals surface area contributed by atoms with E-state index in [1.54, 1.807) is 42.5 Å². The molecule has 35 heavy (non-hydrogen) atoms. The van der Waals surface area contributed by atoms with Gasteiger partial charge < -0.3 is 15.3 Å². The lowest BCUT2D eigenvalue weighted by atomic mass is 10.1. The number of aliphatic carboxylic acids is 1. The molecular formula is C27H24FN3O3S. The Morgan fingerprint density at radius 3 is 2.37 bits per heavy atom. The summed E-state index contributed by atoms with van der Waals surface area (Å²) in [7, 11) is 0. The van der Waals surface area contributed by atoms with Gasteiger partial charge in [-0.15, -0.1) is 11.3 Å². The second-order valence-electron chi connectivity index (χ2n) is 7.90. The first-order chi connectivity index (χ1) is 16.9. The fraction of sp³-hybridized carbons (Fsp3) is 0.148. The summed E-state index contributed by atoms with van der Waals surface area (Å²) in [6.45, 7) is 2.41. The topological polar surface area (TPSA) is 82.5 Å². The molecule has 0 saturated heterocycles. The van der Waals surface area contributed by atoms with Crippen molar-refractivity contribution in [1.82, 2.24) is 10.3 Å². The quantitative estimate of drug-likeness (QED) is 0.311. The number of aromatic nitrogens is 1. The maximum Gasteiger partial charge on any atom is 0.305 e. The summed E-state index contributed by atoms with van der Waals surface area (Å²) in [5.41, 5.74) is 3.56. The molecule has 0 unspecified atom stereocenters. The van der Waals surface area contributed by atoms with E-state index in [1.807, 2.05) is 42.2 Å². The Balaban J connectivity index is 1.60. The predicted molar refractivity (Wildman–Crippen MR) is 136 cm³/mol.